The Hall–Kier alpha value is -2.41. The highest BCUT2D eigenvalue weighted by Crippen LogP contribution is 2.24. The number of para-hydroxylation sites is 1. The minimum absolute atomic E-state index is 0.0737. The molecule has 2 amide bonds. The number of rotatable bonds is 6. The number of amides is 2. The average molecular weight is 449 g/mol. The Bertz CT molecular complexity index is 821. The van der Waals surface area contributed by atoms with E-state index >= 15 is 0 Å². The Morgan fingerprint density at radius 2 is 1.61 bits per heavy atom. The third-order valence-electron chi connectivity index (χ3n) is 4.64. The minimum Gasteiger partial charge on any atom is -0.492 e. The van der Waals surface area contributed by atoms with Crippen LogP contribution in [0.15, 0.2) is 53.0 Å². The van der Waals surface area contributed by atoms with Crippen LogP contribution in [0.4, 0.5) is 4.39 Å². The van der Waals surface area contributed by atoms with Crippen LogP contribution < -0.4 is 4.74 Å². The van der Waals surface area contributed by atoms with E-state index in [-0.39, 0.29) is 17.6 Å². The Morgan fingerprint density at radius 3 is 2.29 bits per heavy atom. The molecule has 1 heterocycles. The van der Waals surface area contributed by atoms with Gasteiger partial charge in [-0.05, 0) is 58.7 Å². The first-order valence-corrected chi connectivity index (χ1v) is 10.0. The molecule has 0 atom stereocenters. The van der Waals surface area contributed by atoms with Crippen molar-refractivity contribution in [2.24, 2.45) is 0 Å². The molecule has 0 bridgehead atoms. The number of nitrogens with zero attached hydrogens (tertiary/aromatic N) is 2. The minimum atomic E-state index is -0.365. The second kappa shape index (κ2) is 9.68. The van der Waals surface area contributed by atoms with E-state index in [2.05, 4.69) is 15.9 Å². The van der Waals surface area contributed by atoms with Crippen molar-refractivity contribution in [2.45, 2.75) is 12.8 Å². The molecule has 28 heavy (non-hydrogen) atoms. The molecule has 0 aliphatic carbocycles. The molecular weight excluding hydrogens is 427 g/mol. The van der Waals surface area contributed by atoms with Gasteiger partial charge in [0.05, 0.1) is 11.1 Å². The predicted octanol–water partition coefficient (Wildman–Crippen LogP) is 3.73. The fourth-order valence-electron chi connectivity index (χ4n) is 3.06. The summed E-state index contributed by atoms with van der Waals surface area (Å²) in [5.41, 5.74) is 0.463. The van der Waals surface area contributed by atoms with E-state index in [1.54, 1.807) is 9.80 Å². The standard InChI is InChI=1S/C21H22BrFN2O3/c22-18-4-1-2-5-19(18)28-15-3-6-20(26)24-11-13-25(14-12-24)21(27)16-7-9-17(23)10-8-16/h1-2,4-5,7-10H,3,6,11-15H2. The number of ether oxygens (including phenoxy) is 1. The molecule has 148 valence electrons. The number of piperazine rings is 1. The van der Waals surface area contributed by atoms with Gasteiger partial charge in [-0.3, -0.25) is 9.59 Å². The summed E-state index contributed by atoms with van der Waals surface area (Å²) in [6.45, 7) is 2.45. The lowest BCUT2D eigenvalue weighted by molar-refractivity contribution is -0.132. The maximum absolute atomic E-state index is 13.0. The molecule has 1 saturated heterocycles. The fourth-order valence-corrected chi connectivity index (χ4v) is 3.46. The smallest absolute Gasteiger partial charge is 0.253 e. The summed E-state index contributed by atoms with van der Waals surface area (Å²) in [5, 5.41) is 0. The molecule has 0 spiro atoms. The molecule has 2 aromatic rings. The zero-order valence-corrected chi connectivity index (χ0v) is 17.0. The zero-order valence-electron chi connectivity index (χ0n) is 15.4. The molecule has 7 heteroatoms. The van der Waals surface area contributed by atoms with Gasteiger partial charge in [0.15, 0.2) is 0 Å². The lowest BCUT2D eigenvalue weighted by atomic mass is 10.1. The highest BCUT2D eigenvalue weighted by Gasteiger charge is 2.24. The van der Waals surface area contributed by atoms with Crippen molar-refractivity contribution in [3.05, 3.63) is 64.4 Å². The van der Waals surface area contributed by atoms with Crippen LogP contribution in [0.2, 0.25) is 0 Å². The van der Waals surface area contributed by atoms with Crippen LogP contribution in [0.1, 0.15) is 23.2 Å². The molecule has 5 nitrogen and oxygen atoms in total. The topological polar surface area (TPSA) is 49.9 Å². The molecule has 0 unspecified atom stereocenters. The van der Waals surface area contributed by atoms with Crippen LogP contribution in [-0.2, 0) is 4.79 Å². The molecule has 2 aromatic carbocycles. The molecule has 1 aliphatic heterocycles. The van der Waals surface area contributed by atoms with Crippen molar-refractivity contribution in [1.82, 2.24) is 9.80 Å². The van der Waals surface area contributed by atoms with Gasteiger partial charge in [-0.25, -0.2) is 4.39 Å². The summed E-state index contributed by atoms with van der Waals surface area (Å²) >= 11 is 3.43. The molecule has 0 radical (unpaired) electrons. The Morgan fingerprint density at radius 1 is 0.964 bits per heavy atom. The third-order valence-corrected chi connectivity index (χ3v) is 5.30. The van der Waals surface area contributed by atoms with Gasteiger partial charge in [-0.15, -0.1) is 0 Å². The van der Waals surface area contributed by atoms with Crippen LogP contribution in [0.3, 0.4) is 0 Å². The van der Waals surface area contributed by atoms with Crippen molar-refractivity contribution in [2.75, 3.05) is 32.8 Å². The number of halogens is 2. The summed E-state index contributed by atoms with van der Waals surface area (Å²) < 4.78 is 19.6. The first kappa shape index (κ1) is 20.3. The van der Waals surface area contributed by atoms with Gasteiger partial charge in [0, 0.05) is 38.2 Å². The normalized spacial score (nSPS) is 14.1. The fraction of sp³-hybridized carbons (Fsp3) is 0.333. The highest BCUT2D eigenvalue weighted by atomic mass is 79.9. The van der Waals surface area contributed by atoms with Gasteiger partial charge < -0.3 is 14.5 Å². The molecule has 0 saturated carbocycles. The summed E-state index contributed by atoms with van der Waals surface area (Å²) in [4.78, 5) is 28.3. The van der Waals surface area contributed by atoms with Gasteiger partial charge in [-0.2, -0.15) is 0 Å². The zero-order chi connectivity index (χ0) is 19.9. The largest absolute Gasteiger partial charge is 0.492 e. The van der Waals surface area contributed by atoms with E-state index in [0.29, 0.717) is 51.2 Å². The maximum atomic E-state index is 13.0. The van der Waals surface area contributed by atoms with E-state index < -0.39 is 0 Å². The van der Waals surface area contributed by atoms with Crippen LogP contribution in [0.25, 0.3) is 0 Å². The average Bonchev–Trinajstić information content (AvgIpc) is 2.72. The summed E-state index contributed by atoms with van der Waals surface area (Å²) in [5.74, 6) is 0.344. The van der Waals surface area contributed by atoms with Crippen molar-refractivity contribution in [3.63, 3.8) is 0 Å². The van der Waals surface area contributed by atoms with E-state index in [1.807, 2.05) is 24.3 Å². The number of carbonyl (C=O) groups excluding carboxylic acids is 2. The maximum Gasteiger partial charge on any atom is 0.253 e. The highest BCUT2D eigenvalue weighted by molar-refractivity contribution is 9.10. The lowest BCUT2D eigenvalue weighted by Crippen LogP contribution is -2.50. The van der Waals surface area contributed by atoms with Crippen molar-refractivity contribution < 1.29 is 18.7 Å². The predicted molar refractivity (Wildman–Crippen MR) is 108 cm³/mol. The summed E-state index contributed by atoms with van der Waals surface area (Å²) in [7, 11) is 0. The quantitative estimate of drug-likeness (QED) is 0.632. The van der Waals surface area contributed by atoms with Crippen molar-refractivity contribution in [1.29, 1.82) is 0 Å². The lowest BCUT2D eigenvalue weighted by Gasteiger charge is -2.35. The summed E-state index contributed by atoms with van der Waals surface area (Å²) in [6.07, 6.45) is 1.05. The van der Waals surface area contributed by atoms with Crippen LogP contribution in [0, 0.1) is 5.82 Å². The molecule has 1 aliphatic rings. The Balaban J connectivity index is 1.39. The van der Waals surface area contributed by atoms with Gasteiger partial charge in [0.1, 0.15) is 11.6 Å². The number of hydrogen-bond acceptors (Lipinski definition) is 3. The number of benzene rings is 2. The molecular formula is C21H22BrFN2O3. The molecule has 1 fully saturated rings. The van der Waals surface area contributed by atoms with Gasteiger partial charge in [0.2, 0.25) is 5.91 Å². The van der Waals surface area contributed by atoms with E-state index in [4.69, 9.17) is 4.74 Å². The monoisotopic (exact) mass is 448 g/mol. The number of hydrogen-bond donors (Lipinski definition) is 0. The molecule has 3 rings (SSSR count). The van der Waals surface area contributed by atoms with Gasteiger partial charge in [-0.1, -0.05) is 12.1 Å². The van der Waals surface area contributed by atoms with Crippen LogP contribution >= 0.6 is 15.9 Å². The van der Waals surface area contributed by atoms with E-state index in [1.165, 1.54) is 24.3 Å². The second-order valence-corrected chi connectivity index (χ2v) is 7.42. The van der Waals surface area contributed by atoms with Crippen molar-refractivity contribution >= 4 is 27.7 Å². The van der Waals surface area contributed by atoms with E-state index in [9.17, 15) is 14.0 Å². The SMILES string of the molecule is O=C(CCCOc1ccccc1Br)N1CCN(C(=O)c2ccc(F)cc2)CC1. The second-order valence-electron chi connectivity index (χ2n) is 6.56. The van der Waals surface area contributed by atoms with E-state index in [0.717, 1.165) is 10.2 Å². The summed E-state index contributed by atoms with van der Waals surface area (Å²) in [6, 6.07) is 13.1. The molecule has 0 aromatic heterocycles. The third kappa shape index (κ3) is 5.32. The first-order chi connectivity index (χ1) is 13.5. The van der Waals surface area contributed by atoms with Gasteiger partial charge >= 0.3 is 0 Å². The van der Waals surface area contributed by atoms with Crippen molar-refractivity contribution in [3.8, 4) is 5.75 Å². The first-order valence-electron chi connectivity index (χ1n) is 9.24. The number of carbonyl (C=O) groups is 2. The Kier molecular flexibility index (Phi) is 7.03. The van der Waals surface area contributed by atoms with Gasteiger partial charge in [0.25, 0.3) is 5.91 Å². The van der Waals surface area contributed by atoms with Crippen LogP contribution in [-0.4, -0.2) is 54.4 Å². The Labute approximate surface area is 172 Å². The molecule has 0 N–H and O–H groups in total. The van der Waals surface area contributed by atoms with Crippen LogP contribution in [0.5, 0.6) is 5.75 Å².